The quantitative estimate of drug-likeness (QED) is 0.569. The Hall–Kier alpha value is -1.51. The fourth-order valence-corrected chi connectivity index (χ4v) is 2.03. The molecule has 0 bridgehead atoms. The van der Waals surface area contributed by atoms with Crippen molar-refractivity contribution in [3.05, 3.63) is 35.6 Å². The molecule has 3 N–H and O–H groups in total. The van der Waals surface area contributed by atoms with Gasteiger partial charge in [0.1, 0.15) is 5.82 Å². The van der Waals surface area contributed by atoms with Gasteiger partial charge in [-0.15, -0.1) is 0 Å². The molecule has 0 unspecified atom stereocenters. The first kappa shape index (κ1) is 16.5. The number of rotatable bonds is 8. The minimum absolute atomic E-state index is 0.0202. The van der Waals surface area contributed by atoms with Crippen LogP contribution >= 0.6 is 0 Å². The van der Waals surface area contributed by atoms with Gasteiger partial charge in [-0.05, 0) is 13.1 Å². The van der Waals surface area contributed by atoms with Gasteiger partial charge in [-0.25, -0.2) is 17.5 Å². The fourth-order valence-electron chi connectivity index (χ4n) is 1.41. The Morgan fingerprint density at radius 1 is 1.30 bits per heavy atom. The minimum atomic E-state index is -3.27. The maximum Gasteiger partial charge on any atom is 0.234 e. The lowest BCUT2D eigenvalue weighted by molar-refractivity contribution is -0.120. The molecule has 0 fully saturated rings. The molecule has 0 saturated carbocycles. The van der Waals surface area contributed by atoms with Gasteiger partial charge in [0.15, 0.2) is 0 Å². The highest BCUT2D eigenvalue weighted by Gasteiger charge is 2.07. The number of carbonyl (C=O) groups is 1. The van der Waals surface area contributed by atoms with Crippen LogP contribution in [0.5, 0.6) is 0 Å². The molecule has 0 saturated heterocycles. The predicted molar refractivity (Wildman–Crippen MR) is 74.0 cm³/mol. The summed E-state index contributed by atoms with van der Waals surface area (Å²) in [5.74, 6) is -0.805. The van der Waals surface area contributed by atoms with E-state index >= 15 is 0 Å². The number of sulfonamides is 1. The lowest BCUT2D eigenvalue weighted by atomic mass is 10.2. The first-order chi connectivity index (χ1) is 9.44. The molecule has 0 aromatic heterocycles. The summed E-state index contributed by atoms with van der Waals surface area (Å²) in [5.41, 5.74) is 0.401. The van der Waals surface area contributed by atoms with Gasteiger partial charge >= 0.3 is 0 Å². The third kappa shape index (κ3) is 6.09. The standard InChI is InChI=1S/C12H18FN3O3S/c1-14-20(18,19)7-6-15-9-12(17)16-8-10-4-2-3-5-11(10)13/h2-5,14-15H,6-9H2,1H3,(H,16,17). The Kier molecular flexibility index (Phi) is 6.56. The van der Waals surface area contributed by atoms with Gasteiger partial charge < -0.3 is 10.6 Å². The molecule has 0 radical (unpaired) electrons. The highest BCUT2D eigenvalue weighted by molar-refractivity contribution is 7.89. The Bertz CT molecular complexity index is 549. The van der Waals surface area contributed by atoms with Crippen LogP contribution in [0.15, 0.2) is 24.3 Å². The molecule has 8 heteroatoms. The Morgan fingerprint density at radius 2 is 2.00 bits per heavy atom. The van der Waals surface area contributed by atoms with Gasteiger partial charge in [-0.1, -0.05) is 18.2 Å². The van der Waals surface area contributed by atoms with Crippen molar-refractivity contribution in [3.8, 4) is 0 Å². The molecule has 1 aromatic rings. The summed E-state index contributed by atoms with van der Waals surface area (Å²) in [6, 6.07) is 6.17. The van der Waals surface area contributed by atoms with Crippen molar-refractivity contribution in [2.45, 2.75) is 6.54 Å². The topological polar surface area (TPSA) is 87.3 Å². The predicted octanol–water partition coefficient (Wildman–Crippen LogP) is -0.419. The number of hydrogen-bond donors (Lipinski definition) is 3. The van der Waals surface area contributed by atoms with Crippen molar-refractivity contribution in [2.75, 3.05) is 25.9 Å². The number of amides is 1. The third-order valence-corrected chi connectivity index (χ3v) is 3.94. The summed E-state index contributed by atoms with van der Waals surface area (Å²) in [7, 11) is -1.94. The second kappa shape index (κ2) is 7.93. The molecule has 0 aliphatic heterocycles. The first-order valence-electron chi connectivity index (χ1n) is 6.06. The lowest BCUT2D eigenvalue weighted by Gasteiger charge is -2.07. The number of halogens is 1. The van der Waals surface area contributed by atoms with E-state index in [0.717, 1.165) is 0 Å². The van der Waals surface area contributed by atoms with Gasteiger partial charge in [-0.3, -0.25) is 4.79 Å². The zero-order chi connectivity index (χ0) is 15.0. The van der Waals surface area contributed by atoms with Crippen LogP contribution < -0.4 is 15.4 Å². The summed E-state index contributed by atoms with van der Waals surface area (Å²) in [6.45, 7) is 0.242. The van der Waals surface area contributed by atoms with Crippen molar-refractivity contribution in [1.82, 2.24) is 15.4 Å². The first-order valence-corrected chi connectivity index (χ1v) is 7.72. The second-order valence-electron chi connectivity index (χ2n) is 4.07. The Morgan fingerprint density at radius 3 is 2.65 bits per heavy atom. The van der Waals surface area contributed by atoms with E-state index in [1.807, 2.05) is 0 Å². The molecule has 112 valence electrons. The van der Waals surface area contributed by atoms with Crippen LogP contribution in [-0.2, 0) is 21.4 Å². The normalized spacial score (nSPS) is 11.3. The molecule has 1 aromatic carbocycles. The summed E-state index contributed by atoms with van der Waals surface area (Å²) >= 11 is 0. The van der Waals surface area contributed by atoms with E-state index < -0.39 is 10.0 Å². The molecule has 0 spiro atoms. The van der Waals surface area contributed by atoms with Gasteiger partial charge in [0, 0.05) is 18.7 Å². The number of hydrogen-bond acceptors (Lipinski definition) is 4. The highest BCUT2D eigenvalue weighted by atomic mass is 32.2. The Balaban J connectivity index is 2.23. The average molecular weight is 303 g/mol. The summed E-state index contributed by atoms with van der Waals surface area (Å²) in [6.07, 6.45) is 0. The van der Waals surface area contributed by atoms with Crippen molar-refractivity contribution < 1.29 is 17.6 Å². The molecule has 1 rings (SSSR count). The monoisotopic (exact) mass is 303 g/mol. The van der Waals surface area contributed by atoms with E-state index in [4.69, 9.17) is 0 Å². The summed E-state index contributed by atoms with van der Waals surface area (Å²) in [5, 5.41) is 5.25. The SMILES string of the molecule is CNS(=O)(=O)CCNCC(=O)NCc1ccccc1F. The van der Waals surface area contributed by atoms with Crippen LogP contribution in [0.3, 0.4) is 0 Å². The van der Waals surface area contributed by atoms with Gasteiger partial charge in [-0.2, -0.15) is 0 Å². The van der Waals surface area contributed by atoms with E-state index in [-0.39, 0.29) is 37.1 Å². The van der Waals surface area contributed by atoms with Crippen molar-refractivity contribution >= 4 is 15.9 Å². The second-order valence-corrected chi connectivity index (χ2v) is 6.11. The molecule has 0 aliphatic carbocycles. The van der Waals surface area contributed by atoms with Crippen LogP contribution in [0.4, 0.5) is 4.39 Å². The summed E-state index contributed by atoms with van der Waals surface area (Å²) < 4.78 is 37.6. The molecule has 20 heavy (non-hydrogen) atoms. The third-order valence-electron chi connectivity index (χ3n) is 2.58. The summed E-state index contributed by atoms with van der Waals surface area (Å²) in [4.78, 5) is 11.5. The van der Waals surface area contributed by atoms with Gasteiger partial charge in [0.25, 0.3) is 0 Å². The number of carbonyl (C=O) groups excluding carboxylic acids is 1. The molecule has 0 heterocycles. The molecule has 6 nitrogen and oxygen atoms in total. The maximum atomic E-state index is 13.3. The molecule has 0 atom stereocenters. The van der Waals surface area contributed by atoms with Gasteiger partial charge in [0.2, 0.25) is 15.9 Å². The van der Waals surface area contributed by atoms with Crippen molar-refractivity contribution in [3.63, 3.8) is 0 Å². The van der Waals surface area contributed by atoms with Crippen LogP contribution in [0.1, 0.15) is 5.56 Å². The molecule has 1 amide bonds. The fraction of sp³-hybridized carbons (Fsp3) is 0.417. The van der Waals surface area contributed by atoms with E-state index in [1.165, 1.54) is 13.1 Å². The van der Waals surface area contributed by atoms with E-state index in [1.54, 1.807) is 18.2 Å². The number of nitrogens with one attached hydrogen (secondary N) is 3. The average Bonchev–Trinajstić information content (AvgIpc) is 2.43. The zero-order valence-electron chi connectivity index (χ0n) is 11.1. The highest BCUT2D eigenvalue weighted by Crippen LogP contribution is 2.04. The zero-order valence-corrected chi connectivity index (χ0v) is 12.0. The van der Waals surface area contributed by atoms with Crippen LogP contribution in [0, 0.1) is 5.82 Å². The largest absolute Gasteiger partial charge is 0.351 e. The van der Waals surface area contributed by atoms with E-state index in [0.29, 0.717) is 5.56 Å². The van der Waals surface area contributed by atoms with Gasteiger partial charge in [0.05, 0.1) is 12.3 Å². The minimum Gasteiger partial charge on any atom is -0.351 e. The van der Waals surface area contributed by atoms with E-state index in [9.17, 15) is 17.6 Å². The smallest absolute Gasteiger partial charge is 0.234 e. The van der Waals surface area contributed by atoms with Crippen LogP contribution in [0.2, 0.25) is 0 Å². The molecular weight excluding hydrogens is 285 g/mol. The van der Waals surface area contributed by atoms with Crippen LogP contribution in [-0.4, -0.2) is 40.2 Å². The van der Waals surface area contributed by atoms with E-state index in [2.05, 4.69) is 15.4 Å². The molecule has 0 aliphatic rings. The van der Waals surface area contributed by atoms with Crippen LogP contribution in [0.25, 0.3) is 0 Å². The maximum absolute atomic E-state index is 13.3. The van der Waals surface area contributed by atoms with Crippen molar-refractivity contribution in [2.24, 2.45) is 0 Å². The number of benzene rings is 1. The van der Waals surface area contributed by atoms with Crippen molar-refractivity contribution in [1.29, 1.82) is 0 Å². The Labute approximate surface area is 117 Å². The molecular formula is C12H18FN3O3S. The lowest BCUT2D eigenvalue weighted by Crippen LogP contribution is -2.37.